The lowest BCUT2D eigenvalue weighted by atomic mass is 10.0. The highest BCUT2D eigenvalue weighted by molar-refractivity contribution is 6.67. The van der Waals surface area contributed by atoms with Crippen molar-refractivity contribution >= 4 is 64.6 Å². The van der Waals surface area contributed by atoms with E-state index in [1.165, 1.54) is 4.90 Å². The summed E-state index contributed by atoms with van der Waals surface area (Å²) in [5.74, 6) is -2.95. The smallest absolute Gasteiger partial charge is 0.417 e. The topological polar surface area (TPSA) is 172 Å². The van der Waals surface area contributed by atoms with E-state index in [0.717, 1.165) is 10.5 Å². The van der Waals surface area contributed by atoms with Crippen LogP contribution in [0.1, 0.15) is 64.0 Å². The molecule has 1 aliphatic heterocycles. The third-order valence-electron chi connectivity index (χ3n) is 7.76. The van der Waals surface area contributed by atoms with Crippen molar-refractivity contribution in [3.05, 3.63) is 71.8 Å². The summed E-state index contributed by atoms with van der Waals surface area (Å²) in [5.41, 5.74) is 12.8. The summed E-state index contributed by atoms with van der Waals surface area (Å²) in [5, 5.41) is 0. The highest BCUT2D eigenvalue weighted by Crippen LogP contribution is 2.28. The van der Waals surface area contributed by atoms with Gasteiger partial charge in [-0.3, -0.25) is 14.4 Å². The van der Waals surface area contributed by atoms with Crippen LogP contribution in [0.2, 0.25) is 0 Å². The molecule has 12 nitrogen and oxygen atoms in total. The number of imide groups is 1. The van der Waals surface area contributed by atoms with Crippen LogP contribution < -0.4 is 11.5 Å². The zero-order valence-electron chi connectivity index (χ0n) is 28.4. The second-order valence-electron chi connectivity index (χ2n) is 13.0. The average Bonchev–Trinajstić information content (AvgIpc) is 3.55. The van der Waals surface area contributed by atoms with Crippen LogP contribution in [0.5, 0.6) is 0 Å². The Bertz CT molecular complexity index is 1450. The maximum Gasteiger partial charge on any atom is 0.417 e. The first-order chi connectivity index (χ1) is 23.5. The van der Waals surface area contributed by atoms with Crippen LogP contribution in [0, 0.1) is 0 Å². The van der Waals surface area contributed by atoms with Gasteiger partial charge in [0.2, 0.25) is 15.6 Å². The number of rotatable bonds is 14. The minimum Gasteiger partial charge on any atom is -0.460 e. The molecule has 15 heteroatoms. The van der Waals surface area contributed by atoms with Gasteiger partial charge in [0, 0.05) is 13.0 Å². The number of nitrogens with zero attached hydrogens (tertiary/aromatic N) is 2. The molecular weight excluding hydrogens is 711 g/mol. The van der Waals surface area contributed by atoms with Crippen LogP contribution in [-0.4, -0.2) is 86.4 Å². The zero-order valence-corrected chi connectivity index (χ0v) is 30.7. The molecule has 0 aromatic heterocycles. The number of alkyl halides is 3. The maximum atomic E-state index is 14.4. The molecule has 4 N–H and O–H groups in total. The van der Waals surface area contributed by atoms with Crippen molar-refractivity contribution in [3.63, 3.8) is 0 Å². The Morgan fingerprint density at radius 3 is 2.04 bits per heavy atom. The van der Waals surface area contributed by atoms with Crippen LogP contribution >= 0.6 is 34.8 Å². The number of carbonyl (C=O) groups is 5. The average molecular weight is 756 g/mol. The van der Waals surface area contributed by atoms with Gasteiger partial charge < -0.3 is 30.6 Å². The van der Waals surface area contributed by atoms with E-state index in [0.29, 0.717) is 12.0 Å². The first-order valence-corrected chi connectivity index (χ1v) is 17.5. The van der Waals surface area contributed by atoms with Crippen LogP contribution in [0.15, 0.2) is 60.7 Å². The van der Waals surface area contributed by atoms with E-state index in [1.807, 2.05) is 30.3 Å². The van der Waals surface area contributed by atoms with Crippen molar-refractivity contribution in [1.82, 2.24) is 9.80 Å². The first-order valence-electron chi connectivity index (χ1n) is 16.3. The standard InChI is InChI=1S/C35H45Cl3N4O8/c1-34(2,3)50-33(47)42(29(43)25(39)16-10-17-26(40)31(45)48-21-24-14-8-5-9-15-24)28(20-23-12-6-4-7-13-23)30(44)41-19-11-18-27(41)32(46)49-22-35(36,37)38/h4-9,12-15,25-28H,10-11,16-22,39-40H2,1-3H3/t25-,26?,27-,28+/m0/s1. The summed E-state index contributed by atoms with van der Waals surface area (Å²) in [7, 11) is 0. The van der Waals surface area contributed by atoms with Gasteiger partial charge >= 0.3 is 18.0 Å². The summed E-state index contributed by atoms with van der Waals surface area (Å²) in [6.07, 6.45) is -0.0531. The second-order valence-corrected chi connectivity index (χ2v) is 15.6. The molecule has 3 rings (SSSR count). The normalized spacial score (nSPS) is 16.6. The van der Waals surface area contributed by atoms with Crippen molar-refractivity contribution in [3.8, 4) is 0 Å². The van der Waals surface area contributed by atoms with E-state index in [4.69, 9.17) is 60.5 Å². The fourth-order valence-corrected chi connectivity index (χ4v) is 5.50. The Morgan fingerprint density at radius 1 is 0.880 bits per heavy atom. The van der Waals surface area contributed by atoms with Crippen LogP contribution in [0.4, 0.5) is 4.79 Å². The monoisotopic (exact) mass is 754 g/mol. The fourth-order valence-electron chi connectivity index (χ4n) is 5.34. The maximum absolute atomic E-state index is 14.4. The van der Waals surface area contributed by atoms with E-state index in [-0.39, 0.29) is 45.3 Å². The van der Waals surface area contributed by atoms with Crippen molar-refractivity contribution in [2.75, 3.05) is 13.2 Å². The Labute approximate surface area is 307 Å². The van der Waals surface area contributed by atoms with Gasteiger partial charge in [0.15, 0.2) is 0 Å². The molecule has 2 aromatic rings. The number of likely N-dealkylation sites (tertiary alicyclic amines) is 1. The van der Waals surface area contributed by atoms with Gasteiger partial charge in [-0.15, -0.1) is 0 Å². The number of ether oxygens (including phenoxy) is 3. The molecule has 1 fully saturated rings. The number of halogens is 3. The number of hydrogen-bond acceptors (Lipinski definition) is 10. The summed E-state index contributed by atoms with van der Waals surface area (Å²) in [6.45, 7) is 4.55. The zero-order chi connectivity index (χ0) is 37.1. The molecule has 274 valence electrons. The largest absolute Gasteiger partial charge is 0.460 e. The van der Waals surface area contributed by atoms with E-state index in [9.17, 15) is 24.0 Å². The quantitative estimate of drug-likeness (QED) is 0.155. The Balaban J connectivity index is 1.82. The Hall–Kier alpha value is -3.42. The van der Waals surface area contributed by atoms with Gasteiger partial charge in [-0.25, -0.2) is 14.5 Å². The van der Waals surface area contributed by atoms with Crippen LogP contribution in [0.25, 0.3) is 0 Å². The SMILES string of the molecule is CC(C)(C)OC(=O)N(C(=O)[C@@H](N)CCCC(N)C(=O)OCc1ccccc1)[C@H](Cc1ccccc1)C(=O)N1CCC[C@H]1C(=O)OCC(Cl)(Cl)Cl. The Morgan fingerprint density at radius 2 is 1.46 bits per heavy atom. The molecule has 1 aliphatic rings. The van der Waals surface area contributed by atoms with E-state index in [1.54, 1.807) is 51.1 Å². The highest BCUT2D eigenvalue weighted by Gasteiger charge is 2.45. The molecule has 0 aliphatic carbocycles. The van der Waals surface area contributed by atoms with Crippen molar-refractivity contribution in [1.29, 1.82) is 0 Å². The first kappa shape index (κ1) is 41.0. The van der Waals surface area contributed by atoms with Crippen molar-refractivity contribution in [2.45, 2.75) is 99.5 Å². The van der Waals surface area contributed by atoms with E-state index < -0.39 is 70.0 Å². The molecule has 1 heterocycles. The third kappa shape index (κ3) is 13.0. The fraction of sp³-hybridized carbons (Fsp3) is 0.514. The number of hydrogen-bond donors (Lipinski definition) is 2. The van der Waals surface area contributed by atoms with Crippen molar-refractivity contribution in [2.24, 2.45) is 11.5 Å². The van der Waals surface area contributed by atoms with E-state index >= 15 is 0 Å². The molecule has 0 saturated carbocycles. The molecule has 0 bridgehead atoms. The van der Waals surface area contributed by atoms with E-state index in [2.05, 4.69) is 0 Å². The third-order valence-corrected chi connectivity index (χ3v) is 8.08. The summed E-state index contributed by atoms with van der Waals surface area (Å²) < 4.78 is 14.2. The Kier molecular flexibility index (Phi) is 15.3. The van der Waals surface area contributed by atoms with Gasteiger partial charge in [-0.1, -0.05) is 95.5 Å². The van der Waals surface area contributed by atoms with Crippen LogP contribution in [-0.2, 0) is 46.4 Å². The summed E-state index contributed by atoms with van der Waals surface area (Å²) in [4.78, 5) is 69.8. The minimum absolute atomic E-state index is 0.0275. The summed E-state index contributed by atoms with van der Waals surface area (Å²) >= 11 is 17.3. The second kappa shape index (κ2) is 18.7. The molecule has 4 atom stereocenters. The van der Waals surface area contributed by atoms with Gasteiger partial charge in [0.05, 0.1) is 6.04 Å². The summed E-state index contributed by atoms with van der Waals surface area (Å²) in [6, 6.07) is 13.2. The van der Waals surface area contributed by atoms with Gasteiger partial charge in [-0.05, 0) is 64.0 Å². The molecule has 1 saturated heterocycles. The predicted molar refractivity (Wildman–Crippen MR) is 189 cm³/mol. The molecule has 0 radical (unpaired) electrons. The number of esters is 2. The molecular formula is C35H45Cl3N4O8. The highest BCUT2D eigenvalue weighted by atomic mass is 35.6. The number of benzene rings is 2. The van der Waals surface area contributed by atoms with Gasteiger partial charge in [0.1, 0.15) is 36.9 Å². The number of amides is 3. The van der Waals surface area contributed by atoms with Crippen LogP contribution in [0.3, 0.4) is 0 Å². The molecule has 0 spiro atoms. The number of nitrogens with two attached hydrogens (primary N) is 2. The molecule has 50 heavy (non-hydrogen) atoms. The molecule has 1 unspecified atom stereocenters. The van der Waals surface area contributed by atoms with Crippen molar-refractivity contribution < 1.29 is 38.2 Å². The van der Waals surface area contributed by atoms with Gasteiger partial charge in [0.25, 0.3) is 0 Å². The molecule has 2 aromatic carbocycles. The predicted octanol–water partition coefficient (Wildman–Crippen LogP) is 4.83. The molecule has 3 amide bonds. The minimum atomic E-state index is -1.86. The number of carbonyl (C=O) groups excluding carboxylic acids is 5. The van der Waals surface area contributed by atoms with Gasteiger partial charge in [-0.2, -0.15) is 0 Å². The lowest BCUT2D eigenvalue weighted by Crippen LogP contribution is -2.59. The lowest BCUT2D eigenvalue weighted by Gasteiger charge is -2.36. The lowest BCUT2D eigenvalue weighted by molar-refractivity contribution is -0.156.